The van der Waals surface area contributed by atoms with E-state index in [2.05, 4.69) is 10.3 Å². The second-order valence-corrected chi connectivity index (χ2v) is 3.27. The number of carboxylic acids is 1. The molecule has 0 saturated heterocycles. The predicted molar refractivity (Wildman–Crippen MR) is 56.7 cm³/mol. The second-order valence-electron chi connectivity index (χ2n) is 3.27. The van der Waals surface area contributed by atoms with Gasteiger partial charge in [0, 0.05) is 18.3 Å². The molecule has 0 spiro atoms. The summed E-state index contributed by atoms with van der Waals surface area (Å²) in [5, 5.41) is 11.0. The van der Waals surface area contributed by atoms with E-state index in [-0.39, 0.29) is 6.54 Å². The Balaban J connectivity index is 2.76. The van der Waals surface area contributed by atoms with Crippen molar-refractivity contribution >= 4 is 11.9 Å². The molecule has 0 aliphatic rings. The van der Waals surface area contributed by atoms with Crippen LogP contribution in [0.3, 0.4) is 0 Å². The summed E-state index contributed by atoms with van der Waals surface area (Å²) < 4.78 is 0. The molecule has 6 nitrogen and oxygen atoms in total. The summed E-state index contributed by atoms with van der Waals surface area (Å²) in [6, 6.07) is 2.11. The van der Waals surface area contributed by atoms with Crippen LogP contribution in [0.2, 0.25) is 0 Å². The van der Waals surface area contributed by atoms with Crippen LogP contribution in [0.25, 0.3) is 0 Å². The van der Waals surface area contributed by atoms with Crippen molar-refractivity contribution in [1.82, 2.24) is 10.3 Å². The lowest BCUT2D eigenvalue weighted by Crippen LogP contribution is -2.38. The molecule has 1 aromatic heterocycles. The van der Waals surface area contributed by atoms with Crippen molar-refractivity contribution < 1.29 is 14.7 Å². The topological polar surface area (TPSA) is 105 Å². The van der Waals surface area contributed by atoms with Crippen LogP contribution < -0.4 is 11.1 Å². The molecule has 0 fully saturated rings. The Morgan fingerprint density at radius 3 is 2.88 bits per heavy atom. The summed E-state index contributed by atoms with van der Waals surface area (Å²) in [6.45, 7) is 1.63. The first-order chi connectivity index (χ1) is 7.54. The Bertz CT molecular complexity index is 406. The molecule has 0 bridgehead atoms. The van der Waals surface area contributed by atoms with Gasteiger partial charge in [-0.3, -0.25) is 14.6 Å². The molecule has 1 rings (SSSR count). The normalized spacial score (nSPS) is 11.9. The Morgan fingerprint density at radius 1 is 1.62 bits per heavy atom. The first-order valence-electron chi connectivity index (χ1n) is 4.73. The summed E-state index contributed by atoms with van der Waals surface area (Å²) in [5.74, 6) is -1.53. The van der Waals surface area contributed by atoms with Gasteiger partial charge in [0.25, 0.3) is 5.91 Å². The van der Waals surface area contributed by atoms with E-state index in [1.54, 1.807) is 0 Å². The highest BCUT2D eigenvalue weighted by Gasteiger charge is 2.15. The molecule has 0 aromatic carbocycles. The van der Waals surface area contributed by atoms with Crippen LogP contribution >= 0.6 is 0 Å². The Labute approximate surface area is 92.5 Å². The minimum atomic E-state index is -1.08. The molecule has 1 unspecified atom stereocenters. The lowest BCUT2D eigenvalue weighted by molar-refractivity contribution is -0.138. The number of pyridine rings is 1. The fourth-order valence-electron chi connectivity index (χ4n) is 1.07. The van der Waals surface area contributed by atoms with Gasteiger partial charge in [-0.2, -0.15) is 0 Å². The molecular formula is C10H13N3O3. The SMILES string of the molecule is CC(NC(=O)c1ccnc(CN)c1)C(=O)O. The summed E-state index contributed by atoms with van der Waals surface area (Å²) in [4.78, 5) is 26.1. The summed E-state index contributed by atoms with van der Waals surface area (Å²) in [5.41, 5.74) is 6.31. The monoisotopic (exact) mass is 223 g/mol. The second kappa shape index (κ2) is 5.22. The Hall–Kier alpha value is -1.95. The zero-order valence-electron chi connectivity index (χ0n) is 8.80. The van der Waals surface area contributed by atoms with E-state index in [4.69, 9.17) is 10.8 Å². The zero-order chi connectivity index (χ0) is 12.1. The number of nitrogens with zero attached hydrogens (tertiary/aromatic N) is 1. The average molecular weight is 223 g/mol. The van der Waals surface area contributed by atoms with Crippen LogP contribution in [0, 0.1) is 0 Å². The van der Waals surface area contributed by atoms with Gasteiger partial charge in [-0.25, -0.2) is 0 Å². The molecule has 0 aliphatic heterocycles. The maximum Gasteiger partial charge on any atom is 0.325 e. The van der Waals surface area contributed by atoms with Gasteiger partial charge in [0.05, 0.1) is 5.69 Å². The fourth-order valence-corrected chi connectivity index (χ4v) is 1.07. The number of carbonyl (C=O) groups is 2. The van der Waals surface area contributed by atoms with Crippen LogP contribution in [0.1, 0.15) is 23.0 Å². The Kier molecular flexibility index (Phi) is 3.96. The number of nitrogens with two attached hydrogens (primary N) is 1. The highest BCUT2D eigenvalue weighted by atomic mass is 16.4. The minimum absolute atomic E-state index is 0.232. The molecule has 86 valence electrons. The number of amides is 1. The van der Waals surface area contributed by atoms with E-state index in [9.17, 15) is 9.59 Å². The Morgan fingerprint density at radius 2 is 2.31 bits per heavy atom. The van der Waals surface area contributed by atoms with Gasteiger partial charge in [0.15, 0.2) is 0 Å². The van der Waals surface area contributed by atoms with E-state index >= 15 is 0 Å². The van der Waals surface area contributed by atoms with Crippen molar-refractivity contribution in [3.63, 3.8) is 0 Å². The quantitative estimate of drug-likeness (QED) is 0.652. The van der Waals surface area contributed by atoms with Gasteiger partial charge in [0.1, 0.15) is 6.04 Å². The van der Waals surface area contributed by atoms with Gasteiger partial charge in [-0.1, -0.05) is 0 Å². The van der Waals surface area contributed by atoms with Crippen molar-refractivity contribution in [3.8, 4) is 0 Å². The van der Waals surface area contributed by atoms with E-state index in [1.165, 1.54) is 25.3 Å². The van der Waals surface area contributed by atoms with Gasteiger partial charge in [-0.05, 0) is 19.1 Å². The third kappa shape index (κ3) is 3.03. The highest BCUT2D eigenvalue weighted by Crippen LogP contribution is 2.01. The van der Waals surface area contributed by atoms with E-state index in [0.717, 1.165) is 0 Å². The molecule has 1 aromatic rings. The molecular weight excluding hydrogens is 210 g/mol. The van der Waals surface area contributed by atoms with Crippen LogP contribution in [0.5, 0.6) is 0 Å². The van der Waals surface area contributed by atoms with Crippen molar-refractivity contribution in [2.45, 2.75) is 19.5 Å². The lowest BCUT2D eigenvalue weighted by Gasteiger charge is -2.09. The summed E-state index contributed by atoms with van der Waals surface area (Å²) in [7, 11) is 0. The van der Waals surface area contributed by atoms with E-state index in [1.807, 2.05) is 0 Å². The molecule has 1 atom stereocenters. The highest BCUT2D eigenvalue weighted by molar-refractivity contribution is 5.96. The van der Waals surface area contributed by atoms with Crippen LogP contribution in [0.15, 0.2) is 18.3 Å². The molecule has 0 saturated carbocycles. The molecule has 6 heteroatoms. The van der Waals surface area contributed by atoms with Gasteiger partial charge < -0.3 is 16.2 Å². The van der Waals surface area contributed by atoms with Crippen molar-refractivity contribution in [1.29, 1.82) is 0 Å². The third-order valence-electron chi connectivity index (χ3n) is 2.01. The van der Waals surface area contributed by atoms with E-state index in [0.29, 0.717) is 11.3 Å². The van der Waals surface area contributed by atoms with Gasteiger partial charge >= 0.3 is 5.97 Å². The molecule has 0 aliphatic carbocycles. The number of hydrogen-bond acceptors (Lipinski definition) is 4. The van der Waals surface area contributed by atoms with Crippen LogP contribution in [-0.2, 0) is 11.3 Å². The standard InChI is InChI=1S/C10H13N3O3/c1-6(10(15)16)13-9(14)7-2-3-12-8(4-7)5-11/h2-4,6H,5,11H2,1H3,(H,13,14)(H,15,16). The van der Waals surface area contributed by atoms with Crippen molar-refractivity contribution in [2.24, 2.45) is 5.73 Å². The summed E-state index contributed by atoms with van der Waals surface area (Å²) in [6.07, 6.45) is 1.46. The van der Waals surface area contributed by atoms with Crippen LogP contribution in [-0.4, -0.2) is 28.0 Å². The number of aromatic nitrogens is 1. The third-order valence-corrected chi connectivity index (χ3v) is 2.01. The molecule has 4 N–H and O–H groups in total. The number of carbonyl (C=O) groups excluding carboxylic acids is 1. The number of aliphatic carboxylic acids is 1. The molecule has 1 heterocycles. The maximum absolute atomic E-state index is 11.6. The number of rotatable bonds is 4. The predicted octanol–water partition coefficient (Wildman–Crippen LogP) is -0.257. The molecule has 1 amide bonds. The molecule has 16 heavy (non-hydrogen) atoms. The van der Waals surface area contributed by atoms with E-state index < -0.39 is 17.9 Å². The lowest BCUT2D eigenvalue weighted by atomic mass is 10.2. The zero-order valence-corrected chi connectivity index (χ0v) is 8.80. The largest absolute Gasteiger partial charge is 0.480 e. The number of carboxylic acid groups (broad SMARTS) is 1. The van der Waals surface area contributed by atoms with Gasteiger partial charge in [0.2, 0.25) is 0 Å². The maximum atomic E-state index is 11.6. The van der Waals surface area contributed by atoms with Crippen molar-refractivity contribution in [3.05, 3.63) is 29.6 Å². The first-order valence-corrected chi connectivity index (χ1v) is 4.73. The minimum Gasteiger partial charge on any atom is -0.480 e. The van der Waals surface area contributed by atoms with Crippen molar-refractivity contribution in [2.75, 3.05) is 0 Å². The number of hydrogen-bond donors (Lipinski definition) is 3. The number of nitrogens with one attached hydrogen (secondary N) is 1. The van der Waals surface area contributed by atoms with Gasteiger partial charge in [-0.15, -0.1) is 0 Å². The smallest absolute Gasteiger partial charge is 0.325 e. The van der Waals surface area contributed by atoms with Crippen LogP contribution in [0.4, 0.5) is 0 Å². The summed E-state index contributed by atoms with van der Waals surface area (Å²) >= 11 is 0. The molecule has 0 radical (unpaired) electrons. The fraction of sp³-hybridized carbons (Fsp3) is 0.300. The average Bonchev–Trinajstić information content (AvgIpc) is 2.28. The first kappa shape index (κ1) is 12.1.